The van der Waals surface area contributed by atoms with E-state index in [4.69, 9.17) is 5.11 Å². The maximum absolute atomic E-state index is 11.1. The lowest BCUT2D eigenvalue weighted by Crippen LogP contribution is -2.23. The molecule has 0 aromatic carbocycles. The Hall–Kier alpha value is -0.700. The van der Waals surface area contributed by atoms with Crippen LogP contribution in [0.2, 0.25) is 0 Å². The van der Waals surface area contributed by atoms with Gasteiger partial charge in [0.2, 0.25) is 0 Å². The van der Waals surface area contributed by atoms with Gasteiger partial charge < -0.3 is 5.11 Å². The number of rotatable bonds is 13. The van der Waals surface area contributed by atoms with Gasteiger partial charge in [-0.3, -0.25) is 4.79 Å². The molecule has 0 heterocycles. The number of hydrogen-bond donors (Lipinski definition) is 1. The van der Waals surface area contributed by atoms with Crippen molar-refractivity contribution in [3.63, 3.8) is 0 Å². The van der Waals surface area contributed by atoms with Gasteiger partial charge in [-0.15, -0.1) is 11.8 Å². The van der Waals surface area contributed by atoms with Gasteiger partial charge in [-0.2, -0.15) is 0 Å². The van der Waals surface area contributed by atoms with E-state index in [1.807, 2.05) is 25.6 Å². The second-order valence-corrected chi connectivity index (χ2v) is 8.73. The van der Waals surface area contributed by atoms with Crippen molar-refractivity contribution in [2.24, 2.45) is 11.3 Å². The van der Waals surface area contributed by atoms with Gasteiger partial charge in [0.05, 0.1) is 5.41 Å². The van der Waals surface area contributed by atoms with Gasteiger partial charge >= 0.3 is 5.97 Å². The van der Waals surface area contributed by atoms with Crippen LogP contribution in [0.1, 0.15) is 85.0 Å². The van der Waals surface area contributed by atoms with Crippen LogP contribution >= 0.6 is 11.8 Å². The first-order valence-corrected chi connectivity index (χ1v) is 10.7. The first kappa shape index (κ1) is 21.3. The van der Waals surface area contributed by atoms with E-state index in [1.165, 1.54) is 49.9 Å². The molecule has 1 aliphatic rings. The molecule has 0 radical (unpaired) electrons. The summed E-state index contributed by atoms with van der Waals surface area (Å²) >= 11 is 1.99. The molecule has 0 aliphatic heterocycles. The van der Waals surface area contributed by atoms with E-state index < -0.39 is 11.4 Å². The van der Waals surface area contributed by atoms with Crippen molar-refractivity contribution in [3.05, 3.63) is 23.1 Å². The molecule has 0 bridgehead atoms. The van der Waals surface area contributed by atoms with E-state index in [9.17, 15) is 4.79 Å². The third kappa shape index (κ3) is 8.41. The lowest BCUT2D eigenvalue weighted by Gasteiger charge is -2.18. The second-order valence-electron chi connectivity index (χ2n) is 7.56. The Balaban J connectivity index is 2.18. The molecule has 2 nitrogen and oxygen atoms in total. The van der Waals surface area contributed by atoms with Crippen LogP contribution in [0.3, 0.4) is 0 Å². The fourth-order valence-corrected chi connectivity index (χ4v) is 4.20. The Morgan fingerprint density at radius 3 is 2.79 bits per heavy atom. The molecule has 0 amide bonds. The topological polar surface area (TPSA) is 37.3 Å². The summed E-state index contributed by atoms with van der Waals surface area (Å²) in [7, 11) is 0. The molecule has 1 atom stereocenters. The van der Waals surface area contributed by atoms with Gasteiger partial charge in [0.25, 0.3) is 0 Å². The zero-order chi connectivity index (χ0) is 17.8. The third-order valence-electron chi connectivity index (χ3n) is 4.83. The minimum Gasteiger partial charge on any atom is -0.481 e. The summed E-state index contributed by atoms with van der Waals surface area (Å²) in [6.07, 6.45) is 19.1. The molecule has 138 valence electrons. The lowest BCUT2D eigenvalue weighted by molar-refractivity contribution is -0.147. The van der Waals surface area contributed by atoms with Crippen LogP contribution in [-0.2, 0) is 4.79 Å². The summed E-state index contributed by atoms with van der Waals surface area (Å²) in [5.74, 6) is 1.07. The van der Waals surface area contributed by atoms with Crippen molar-refractivity contribution in [1.29, 1.82) is 0 Å². The van der Waals surface area contributed by atoms with Crippen molar-refractivity contribution in [3.8, 4) is 0 Å². The van der Waals surface area contributed by atoms with Gasteiger partial charge in [-0.05, 0) is 63.0 Å². The number of carboxylic acids is 1. The summed E-state index contributed by atoms with van der Waals surface area (Å²) in [5.41, 5.74) is -0.583. The van der Waals surface area contributed by atoms with Gasteiger partial charge in [-0.25, -0.2) is 0 Å². The normalized spacial score (nSPS) is 18.3. The van der Waals surface area contributed by atoms with E-state index in [2.05, 4.69) is 25.2 Å². The van der Waals surface area contributed by atoms with Crippen LogP contribution in [0, 0.1) is 11.3 Å². The third-order valence-corrected chi connectivity index (χ3v) is 6.12. The van der Waals surface area contributed by atoms with Crippen molar-refractivity contribution in [2.45, 2.75) is 85.0 Å². The van der Waals surface area contributed by atoms with Crippen LogP contribution in [0.15, 0.2) is 23.1 Å². The quantitative estimate of drug-likeness (QED) is 0.292. The van der Waals surface area contributed by atoms with E-state index in [-0.39, 0.29) is 0 Å². The number of carbonyl (C=O) groups is 1. The van der Waals surface area contributed by atoms with Crippen molar-refractivity contribution in [2.75, 3.05) is 5.75 Å². The zero-order valence-corrected chi connectivity index (χ0v) is 16.7. The molecule has 0 spiro atoms. The molecule has 0 saturated heterocycles. The van der Waals surface area contributed by atoms with Crippen molar-refractivity contribution >= 4 is 17.7 Å². The number of carboxylic acid groups (broad SMARTS) is 1. The summed E-state index contributed by atoms with van der Waals surface area (Å²) in [4.78, 5) is 12.6. The number of allylic oxidation sites excluding steroid dienone is 4. The van der Waals surface area contributed by atoms with Crippen LogP contribution in [0.5, 0.6) is 0 Å². The zero-order valence-electron chi connectivity index (χ0n) is 15.9. The predicted octanol–water partition coefficient (Wildman–Crippen LogP) is 6.82. The predicted molar refractivity (Wildman–Crippen MR) is 106 cm³/mol. The summed E-state index contributed by atoms with van der Waals surface area (Å²) in [5, 5.41) is 9.13. The first-order valence-electron chi connectivity index (χ1n) is 9.70. The highest BCUT2D eigenvalue weighted by atomic mass is 32.2. The SMILES string of the molecule is CCCCCCC=C[C@H]1CCC=C1SCCCCC(C)(C)C(=O)O. The maximum Gasteiger partial charge on any atom is 0.309 e. The molecular weight excluding hydrogens is 316 g/mol. The number of thioether (sulfide) groups is 1. The van der Waals surface area contributed by atoms with Gasteiger partial charge in [0.1, 0.15) is 0 Å². The molecule has 0 fully saturated rings. The molecule has 24 heavy (non-hydrogen) atoms. The summed E-state index contributed by atoms with van der Waals surface area (Å²) in [6, 6.07) is 0. The van der Waals surface area contributed by atoms with Crippen molar-refractivity contribution < 1.29 is 9.90 Å². The summed E-state index contributed by atoms with van der Waals surface area (Å²) in [6.45, 7) is 5.90. The number of aliphatic carboxylic acids is 1. The number of unbranched alkanes of at least 4 members (excludes halogenated alkanes) is 5. The Bertz CT molecular complexity index is 424. The molecule has 3 heteroatoms. The van der Waals surface area contributed by atoms with Crippen LogP contribution < -0.4 is 0 Å². The maximum atomic E-state index is 11.1. The first-order chi connectivity index (χ1) is 11.5. The average molecular weight is 353 g/mol. The summed E-state index contributed by atoms with van der Waals surface area (Å²) < 4.78 is 0. The second kappa shape index (κ2) is 11.8. The van der Waals surface area contributed by atoms with Crippen LogP contribution in [0.4, 0.5) is 0 Å². The van der Waals surface area contributed by atoms with Crippen LogP contribution in [0.25, 0.3) is 0 Å². The van der Waals surface area contributed by atoms with Gasteiger partial charge in [0.15, 0.2) is 0 Å². The smallest absolute Gasteiger partial charge is 0.309 e. The standard InChI is InChI=1S/C21H36O2S/c1-4-5-6-7-8-9-13-18-14-12-15-19(18)24-17-11-10-16-21(2,3)20(22)23/h9,13,15,18H,4-8,10-12,14,16-17H2,1-3H3,(H,22,23)/t18-/m0/s1. The van der Waals surface area contributed by atoms with Gasteiger partial charge in [-0.1, -0.05) is 50.8 Å². The molecule has 0 unspecified atom stereocenters. The molecule has 0 aromatic heterocycles. The fraction of sp³-hybridized carbons (Fsp3) is 0.762. The Labute approximate surface area is 153 Å². The number of hydrogen-bond acceptors (Lipinski definition) is 2. The largest absolute Gasteiger partial charge is 0.481 e. The molecule has 1 rings (SSSR count). The minimum atomic E-state index is -0.683. The molecule has 1 N–H and O–H groups in total. The monoisotopic (exact) mass is 352 g/mol. The Morgan fingerprint density at radius 2 is 2.08 bits per heavy atom. The molecule has 0 aromatic rings. The van der Waals surface area contributed by atoms with E-state index >= 15 is 0 Å². The minimum absolute atomic E-state index is 0.583. The highest BCUT2D eigenvalue weighted by molar-refractivity contribution is 8.03. The van der Waals surface area contributed by atoms with Gasteiger partial charge in [0, 0.05) is 5.92 Å². The highest BCUT2D eigenvalue weighted by Crippen LogP contribution is 2.36. The van der Waals surface area contributed by atoms with Crippen LogP contribution in [-0.4, -0.2) is 16.8 Å². The molecular formula is C21H36O2S. The molecule has 0 saturated carbocycles. The average Bonchev–Trinajstić information content (AvgIpc) is 2.97. The fourth-order valence-electron chi connectivity index (χ4n) is 2.97. The Morgan fingerprint density at radius 1 is 1.29 bits per heavy atom. The van der Waals surface area contributed by atoms with E-state index in [0.717, 1.165) is 25.0 Å². The van der Waals surface area contributed by atoms with E-state index in [1.54, 1.807) is 0 Å². The Kier molecular flexibility index (Phi) is 10.5. The van der Waals surface area contributed by atoms with Crippen molar-refractivity contribution in [1.82, 2.24) is 0 Å². The lowest BCUT2D eigenvalue weighted by atomic mass is 9.88. The highest BCUT2D eigenvalue weighted by Gasteiger charge is 2.26. The molecule has 1 aliphatic carbocycles. The van der Waals surface area contributed by atoms with E-state index in [0.29, 0.717) is 5.92 Å².